The van der Waals surface area contributed by atoms with Gasteiger partial charge in [0.15, 0.2) is 0 Å². The molecule has 2 aliphatic rings. The van der Waals surface area contributed by atoms with Crippen molar-refractivity contribution in [1.82, 2.24) is 20.4 Å². The number of hydrogen-bond acceptors (Lipinski definition) is 3. The van der Waals surface area contributed by atoms with Gasteiger partial charge >= 0.3 is 0 Å². The van der Waals surface area contributed by atoms with Crippen LogP contribution >= 0.6 is 0 Å². The second kappa shape index (κ2) is 5.33. The van der Waals surface area contributed by atoms with Crippen LogP contribution in [0.2, 0.25) is 0 Å². The van der Waals surface area contributed by atoms with Crippen molar-refractivity contribution in [3.05, 3.63) is 17.5 Å². The van der Waals surface area contributed by atoms with Crippen LogP contribution in [-0.2, 0) is 17.6 Å². The quantitative estimate of drug-likeness (QED) is 0.831. The van der Waals surface area contributed by atoms with E-state index in [0.29, 0.717) is 12.1 Å². The number of nitrogens with zero attached hydrogens (tertiary/aromatic N) is 2. The van der Waals surface area contributed by atoms with Gasteiger partial charge in [-0.15, -0.1) is 0 Å². The Balaban J connectivity index is 1.50. The van der Waals surface area contributed by atoms with E-state index in [-0.39, 0.29) is 5.91 Å². The normalized spacial score (nSPS) is 24.3. The summed E-state index contributed by atoms with van der Waals surface area (Å²) in [6.07, 6.45) is 7.48. The number of nitrogens with one attached hydrogen (secondary N) is 2. The van der Waals surface area contributed by atoms with Crippen LogP contribution in [0.1, 0.15) is 37.4 Å². The van der Waals surface area contributed by atoms with Gasteiger partial charge in [0.1, 0.15) is 0 Å². The molecule has 5 nitrogen and oxygen atoms in total. The van der Waals surface area contributed by atoms with E-state index >= 15 is 0 Å². The summed E-state index contributed by atoms with van der Waals surface area (Å²) in [5.74, 6) is 0.207. The Labute approximate surface area is 113 Å². The molecule has 0 saturated carbocycles. The van der Waals surface area contributed by atoms with Crippen LogP contribution in [0.4, 0.5) is 0 Å². The number of aromatic nitrogens is 2. The number of rotatable bonds is 2. The summed E-state index contributed by atoms with van der Waals surface area (Å²) in [6.45, 7) is 3.46. The molecule has 0 spiro atoms. The monoisotopic (exact) mass is 262 g/mol. The largest absolute Gasteiger partial charge is 0.343 e. The van der Waals surface area contributed by atoms with Gasteiger partial charge < -0.3 is 10.2 Å². The number of H-pyrrole nitrogens is 1. The molecule has 1 fully saturated rings. The lowest BCUT2D eigenvalue weighted by Gasteiger charge is -2.35. The topological polar surface area (TPSA) is 61.0 Å². The molecule has 19 heavy (non-hydrogen) atoms. The fourth-order valence-corrected chi connectivity index (χ4v) is 3.24. The predicted octanol–water partition coefficient (Wildman–Crippen LogP) is 0.867. The van der Waals surface area contributed by atoms with E-state index in [0.717, 1.165) is 38.8 Å². The fourth-order valence-electron chi connectivity index (χ4n) is 3.24. The maximum atomic E-state index is 11.3. The molecule has 104 valence electrons. The van der Waals surface area contributed by atoms with E-state index in [1.54, 1.807) is 6.92 Å². The van der Waals surface area contributed by atoms with Gasteiger partial charge in [0.05, 0.1) is 6.20 Å². The number of amides is 1. The van der Waals surface area contributed by atoms with Gasteiger partial charge in [0.25, 0.3) is 0 Å². The zero-order chi connectivity index (χ0) is 13.2. The van der Waals surface area contributed by atoms with Gasteiger partial charge in [-0.25, -0.2) is 0 Å². The predicted molar refractivity (Wildman–Crippen MR) is 72.8 cm³/mol. The Hall–Kier alpha value is -1.36. The molecule has 1 amide bonds. The van der Waals surface area contributed by atoms with Crippen molar-refractivity contribution in [1.29, 1.82) is 0 Å². The number of likely N-dealkylation sites (tertiary alicyclic amines) is 1. The average Bonchev–Trinajstić information content (AvgIpc) is 2.87. The molecule has 1 saturated heterocycles. The Kier molecular flexibility index (Phi) is 3.55. The number of carbonyl (C=O) groups is 1. The molecule has 1 aromatic rings. The van der Waals surface area contributed by atoms with E-state index in [1.165, 1.54) is 17.7 Å². The minimum absolute atomic E-state index is 0.207. The summed E-state index contributed by atoms with van der Waals surface area (Å²) in [5.41, 5.74) is 2.68. The van der Waals surface area contributed by atoms with Crippen LogP contribution in [0.3, 0.4) is 0 Å². The first-order valence-corrected chi connectivity index (χ1v) is 7.25. The van der Waals surface area contributed by atoms with E-state index in [1.807, 2.05) is 11.1 Å². The molecule has 1 unspecified atom stereocenters. The lowest BCUT2D eigenvalue weighted by molar-refractivity contribution is -0.129. The van der Waals surface area contributed by atoms with Gasteiger partial charge in [-0.2, -0.15) is 5.10 Å². The second-order valence-electron chi connectivity index (χ2n) is 5.76. The molecule has 1 aliphatic carbocycles. The molecular formula is C14H22N4O. The Morgan fingerprint density at radius 3 is 2.89 bits per heavy atom. The fraction of sp³-hybridized carbons (Fsp3) is 0.714. The molecule has 0 radical (unpaired) electrons. The van der Waals surface area contributed by atoms with E-state index in [9.17, 15) is 4.79 Å². The lowest BCUT2D eigenvalue weighted by Crippen LogP contribution is -2.48. The summed E-state index contributed by atoms with van der Waals surface area (Å²) in [5, 5.41) is 11.0. The third kappa shape index (κ3) is 2.81. The van der Waals surface area contributed by atoms with Crippen molar-refractivity contribution < 1.29 is 4.79 Å². The molecule has 1 atom stereocenters. The van der Waals surface area contributed by atoms with Gasteiger partial charge in [0, 0.05) is 44.2 Å². The van der Waals surface area contributed by atoms with Crippen molar-refractivity contribution in [3.63, 3.8) is 0 Å². The van der Waals surface area contributed by atoms with Crippen molar-refractivity contribution in [2.45, 2.75) is 51.1 Å². The summed E-state index contributed by atoms with van der Waals surface area (Å²) in [7, 11) is 0. The zero-order valence-electron chi connectivity index (χ0n) is 11.5. The number of aromatic amines is 1. The highest BCUT2D eigenvalue weighted by Gasteiger charge is 2.25. The highest BCUT2D eigenvalue weighted by Crippen LogP contribution is 2.20. The highest BCUT2D eigenvalue weighted by atomic mass is 16.2. The standard InChI is InChI=1S/C14H22N4O/c1-10(19)18-6-4-12(5-7-18)16-13-3-2-11-9-15-17-14(11)8-13/h9,12-13,16H,2-8H2,1H3,(H,15,17). The minimum atomic E-state index is 0.207. The molecular weight excluding hydrogens is 240 g/mol. The second-order valence-corrected chi connectivity index (χ2v) is 5.76. The molecule has 0 aromatic carbocycles. The Morgan fingerprint density at radius 2 is 2.16 bits per heavy atom. The first-order chi connectivity index (χ1) is 9.22. The Bertz CT molecular complexity index is 448. The molecule has 2 heterocycles. The molecule has 0 bridgehead atoms. The number of fused-ring (bicyclic) bond motifs is 1. The summed E-state index contributed by atoms with van der Waals surface area (Å²) in [6, 6.07) is 1.12. The van der Waals surface area contributed by atoms with Crippen LogP contribution in [0.15, 0.2) is 6.20 Å². The maximum absolute atomic E-state index is 11.3. The SMILES string of the molecule is CC(=O)N1CCC(NC2CCc3cn[nH]c3C2)CC1. The van der Waals surface area contributed by atoms with Gasteiger partial charge in [-0.3, -0.25) is 9.89 Å². The smallest absolute Gasteiger partial charge is 0.219 e. The van der Waals surface area contributed by atoms with Crippen molar-refractivity contribution >= 4 is 5.91 Å². The van der Waals surface area contributed by atoms with Crippen LogP contribution < -0.4 is 5.32 Å². The highest BCUT2D eigenvalue weighted by molar-refractivity contribution is 5.73. The van der Waals surface area contributed by atoms with Gasteiger partial charge in [-0.1, -0.05) is 0 Å². The van der Waals surface area contributed by atoms with Crippen molar-refractivity contribution in [2.75, 3.05) is 13.1 Å². The number of aryl methyl sites for hydroxylation is 1. The van der Waals surface area contributed by atoms with E-state index in [4.69, 9.17) is 0 Å². The Morgan fingerprint density at radius 1 is 1.37 bits per heavy atom. The van der Waals surface area contributed by atoms with Crippen LogP contribution in [-0.4, -0.2) is 46.2 Å². The first-order valence-electron chi connectivity index (χ1n) is 7.25. The minimum Gasteiger partial charge on any atom is -0.343 e. The van der Waals surface area contributed by atoms with Gasteiger partial charge in [-0.05, 0) is 31.2 Å². The summed E-state index contributed by atoms with van der Waals surface area (Å²) < 4.78 is 0. The van der Waals surface area contributed by atoms with Crippen LogP contribution in [0.25, 0.3) is 0 Å². The third-order valence-corrected chi connectivity index (χ3v) is 4.43. The lowest BCUT2D eigenvalue weighted by atomic mass is 9.92. The van der Waals surface area contributed by atoms with Crippen molar-refractivity contribution in [2.24, 2.45) is 0 Å². The van der Waals surface area contributed by atoms with E-state index < -0.39 is 0 Å². The molecule has 5 heteroatoms. The van der Waals surface area contributed by atoms with Gasteiger partial charge in [0.2, 0.25) is 5.91 Å². The third-order valence-electron chi connectivity index (χ3n) is 4.43. The molecule has 3 rings (SSSR count). The van der Waals surface area contributed by atoms with Crippen LogP contribution in [0.5, 0.6) is 0 Å². The average molecular weight is 262 g/mol. The van der Waals surface area contributed by atoms with E-state index in [2.05, 4.69) is 15.5 Å². The molecule has 1 aromatic heterocycles. The zero-order valence-corrected chi connectivity index (χ0v) is 11.5. The van der Waals surface area contributed by atoms with Crippen molar-refractivity contribution in [3.8, 4) is 0 Å². The first kappa shape index (κ1) is 12.7. The maximum Gasteiger partial charge on any atom is 0.219 e. The number of piperidine rings is 1. The summed E-state index contributed by atoms with van der Waals surface area (Å²) in [4.78, 5) is 13.2. The summed E-state index contributed by atoms with van der Waals surface area (Å²) >= 11 is 0. The molecule has 2 N–H and O–H groups in total. The van der Waals surface area contributed by atoms with Crippen LogP contribution in [0, 0.1) is 0 Å². The number of hydrogen-bond donors (Lipinski definition) is 2. The molecule has 1 aliphatic heterocycles. The number of carbonyl (C=O) groups excluding carboxylic acids is 1.